The van der Waals surface area contributed by atoms with Gasteiger partial charge in [0, 0.05) is 12.1 Å². The van der Waals surface area contributed by atoms with E-state index in [2.05, 4.69) is 4.72 Å². The Balaban J connectivity index is 2.30. The second-order valence-electron chi connectivity index (χ2n) is 3.68. The molecular formula is C12H9FN2O3S. The SMILES string of the molecule is N#Cc1c(F)cccc1S(=O)(=O)NCc1ccoc1. The van der Waals surface area contributed by atoms with E-state index in [1.165, 1.54) is 24.7 Å². The topological polar surface area (TPSA) is 83.1 Å². The minimum atomic E-state index is -3.96. The number of hydrogen-bond donors (Lipinski definition) is 1. The van der Waals surface area contributed by atoms with E-state index in [1.807, 2.05) is 0 Å². The smallest absolute Gasteiger partial charge is 0.242 e. The van der Waals surface area contributed by atoms with Gasteiger partial charge in [-0.15, -0.1) is 0 Å². The number of benzene rings is 1. The molecule has 0 spiro atoms. The predicted octanol–water partition coefficient (Wildman–Crippen LogP) is 1.77. The van der Waals surface area contributed by atoms with Crippen LogP contribution in [-0.2, 0) is 16.6 Å². The van der Waals surface area contributed by atoms with E-state index < -0.39 is 21.4 Å². The molecule has 0 saturated heterocycles. The Morgan fingerprint density at radius 1 is 1.37 bits per heavy atom. The van der Waals surface area contributed by atoms with Crippen molar-refractivity contribution in [1.82, 2.24) is 4.72 Å². The van der Waals surface area contributed by atoms with Crippen LogP contribution in [0.25, 0.3) is 0 Å². The van der Waals surface area contributed by atoms with Gasteiger partial charge in [-0.25, -0.2) is 17.5 Å². The van der Waals surface area contributed by atoms with Crippen molar-refractivity contribution >= 4 is 10.0 Å². The van der Waals surface area contributed by atoms with Gasteiger partial charge in [-0.1, -0.05) is 6.07 Å². The van der Waals surface area contributed by atoms with E-state index in [0.29, 0.717) is 5.56 Å². The number of hydrogen-bond acceptors (Lipinski definition) is 4. The molecule has 1 N–H and O–H groups in total. The fraction of sp³-hybridized carbons (Fsp3) is 0.0833. The maximum absolute atomic E-state index is 13.4. The number of nitrogens with one attached hydrogen (secondary N) is 1. The summed E-state index contributed by atoms with van der Waals surface area (Å²) in [7, 11) is -3.96. The van der Waals surface area contributed by atoms with E-state index in [1.54, 1.807) is 12.1 Å². The molecule has 5 nitrogen and oxygen atoms in total. The summed E-state index contributed by atoms with van der Waals surface area (Å²) in [5.74, 6) is -0.867. The second kappa shape index (κ2) is 5.22. The average molecular weight is 280 g/mol. The molecule has 0 radical (unpaired) electrons. The lowest BCUT2D eigenvalue weighted by molar-refractivity contribution is 0.560. The Morgan fingerprint density at radius 3 is 2.79 bits per heavy atom. The maximum Gasteiger partial charge on any atom is 0.242 e. The lowest BCUT2D eigenvalue weighted by atomic mass is 10.2. The van der Waals surface area contributed by atoms with Crippen LogP contribution in [0.3, 0.4) is 0 Å². The first-order valence-corrected chi connectivity index (χ1v) is 6.72. The molecule has 19 heavy (non-hydrogen) atoms. The van der Waals surface area contributed by atoms with E-state index >= 15 is 0 Å². The fourth-order valence-corrected chi connectivity index (χ4v) is 2.67. The summed E-state index contributed by atoms with van der Waals surface area (Å²) in [6, 6.07) is 6.60. The second-order valence-corrected chi connectivity index (χ2v) is 5.42. The largest absolute Gasteiger partial charge is 0.472 e. The van der Waals surface area contributed by atoms with E-state index in [0.717, 1.165) is 6.07 Å². The van der Waals surface area contributed by atoms with Gasteiger partial charge in [-0.3, -0.25) is 0 Å². The minimum absolute atomic E-state index is 0.000214. The number of rotatable bonds is 4. The molecule has 0 aliphatic carbocycles. The lowest BCUT2D eigenvalue weighted by Crippen LogP contribution is -2.24. The summed E-state index contributed by atoms with van der Waals surface area (Å²) in [6.07, 6.45) is 2.80. The summed E-state index contributed by atoms with van der Waals surface area (Å²) >= 11 is 0. The number of nitrogens with zero attached hydrogens (tertiary/aromatic N) is 1. The van der Waals surface area contributed by atoms with Crippen LogP contribution in [0.15, 0.2) is 46.1 Å². The number of sulfonamides is 1. The lowest BCUT2D eigenvalue weighted by Gasteiger charge is -2.07. The highest BCUT2D eigenvalue weighted by atomic mass is 32.2. The molecule has 1 aromatic heterocycles. The zero-order valence-corrected chi connectivity index (χ0v) is 10.4. The zero-order valence-electron chi connectivity index (χ0n) is 9.63. The maximum atomic E-state index is 13.4. The number of halogens is 1. The van der Waals surface area contributed by atoms with Gasteiger partial charge in [-0.05, 0) is 18.2 Å². The normalized spacial score (nSPS) is 11.2. The van der Waals surface area contributed by atoms with Gasteiger partial charge in [-0.2, -0.15) is 5.26 Å². The first-order chi connectivity index (χ1) is 9.04. The van der Waals surface area contributed by atoms with Gasteiger partial charge < -0.3 is 4.42 Å². The Morgan fingerprint density at radius 2 is 2.16 bits per heavy atom. The summed E-state index contributed by atoms with van der Waals surface area (Å²) in [5.41, 5.74) is 0.126. The molecule has 1 aromatic carbocycles. The third-order valence-electron chi connectivity index (χ3n) is 2.42. The molecule has 0 aliphatic rings. The van der Waals surface area contributed by atoms with Crippen LogP contribution >= 0.6 is 0 Å². The van der Waals surface area contributed by atoms with E-state index in [4.69, 9.17) is 9.68 Å². The molecule has 1 heterocycles. The van der Waals surface area contributed by atoms with Crippen molar-refractivity contribution in [2.24, 2.45) is 0 Å². The number of furan rings is 1. The molecule has 2 aromatic rings. The Labute approximate surface area is 109 Å². The standard InChI is InChI=1S/C12H9FN2O3S/c13-11-2-1-3-12(10(11)6-14)19(16,17)15-7-9-4-5-18-8-9/h1-5,8,15H,7H2. The molecule has 0 aliphatic heterocycles. The van der Waals surface area contributed by atoms with Gasteiger partial charge in [0.15, 0.2) is 0 Å². The molecule has 0 bridgehead atoms. The van der Waals surface area contributed by atoms with Crippen LogP contribution < -0.4 is 4.72 Å². The van der Waals surface area contributed by atoms with Crippen LogP contribution in [0.2, 0.25) is 0 Å². The van der Waals surface area contributed by atoms with Crippen molar-refractivity contribution in [1.29, 1.82) is 5.26 Å². The molecule has 0 atom stereocenters. The summed E-state index contributed by atoms with van der Waals surface area (Å²) in [4.78, 5) is -0.376. The summed E-state index contributed by atoms with van der Waals surface area (Å²) < 4.78 is 44.4. The zero-order chi connectivity index (χ0) is 13.9. The van der Waals surface area contributed by atoms with Crippen molar-refractivity contribution < 1.29 is 17.2 Å². The van der Waals surface area contributed by atoms with Crippen molar-refractivity contribution in [3.05, 3.63) is 53.7 Å². The molecule has 0 amide bonds. The number of nitriles is 1. The highest BCUT2D eigenvalue weighted by molar-refractivity contribution is 7.89. The van der Waals surface area contributed by atoms with Crippen LogP contribution in [0.4, 0.5) is 4.39 Å². The van der Waals surface area contributed by atoms with Crippen LogP contribution in [0.5, 0.6) is 0 Å². The van der Waals surface area contributed by atoms with Gasteiger partial charge >= 0.3 is 0 Å². The summed E-state index contributed by atoms with van der Waals surface area (Å²) in [6.45, 7) is 0.000214. The quantitative estimate of drug-likeness (QED) is 0.925. The highest BCUT2D eigenvalue weighted by Gasteiger charge is 2.20. The molecule has 2 rings (SSSR count). The third kappa shape index (κ3) is 2.81. The monoisotopic (exact) mass is 280 g/mol. The highest BCUT2D eigenvalue weighted by Crippen LogP contribution is 2.18. The molecule has 7 heteroatoms. The van der Waals surface area contributed by atoms with Gasteiger partial charge in [0.25, 0.3) is 0 Å². The first-order valence-electron chi connectivity index (χ1n) is 5.24. The Bertz CT molecular complexity index is 718. The van der Waals surface area contributed by atoms with Crippen LogP contribution in [0, 0.1) is 17.1 Å². The molecule has 0 fully saturated rings. The Hall–Kier alpha value is -2.17. The molecular weight excluding hydrogens is 271 g/mol. The molecule has 0 saturated carbocycles. The molecule has 98 valence electrons. The van der Waals surface area contributed by atoms with Crippen molar-refractivity contribution in [3.63, 3.8) is 0 Å². The third-order valence-corrected chi connectivity index (χ3v) is 3.87. The van der Waals surface area contributed by atoms with Crippen LogP contribution in [-0.4, -0.2) is 8.42 Å². The predicted molar refractivity (Wildman–Crippen MR) is 63.8 cm³/mol. The summed E-state index contributed by atoms with van der Waals surface area (Å²) in [5, 5.41) is 8.82. The van der Waals surface area contributed by atoms with Gasteiger partial charge in [0.1, 0.15) is 22.3 Å². The van der Waals surface area contributed by atoms with Crippen molar-refractivity contribution in [2.45, 2.75) is 11.4 Å². The molecule has 0 unspecified atom stereocenters. The average Bonchev–Trinajstić information content (AvgIpc) is 2.89. The Kier molecular flexibility index (Phi) is 3.64. The fourth-order valence-electron chi connectivity index (χ4n) is 1.49. The minimum Gasteiger partial charge on any atom is -0.472 e. The van der Waals surface area contributed by atoms with Crippen molar-refractivity contribution in [3.8, 4) is 6.07 Å². The van der Waals surface area contributed by atoms with Crippen molar-refractivity contribution in [2.75, 3.05) is 0 Å². The van der Waals surface area contributed by atoms with Gasteiger partial charge in [0.05, 0.1) is 12.5 Å². The van der Waals surface area contributed by atoms with E-state index in [9.17, 15) is 12.8 Å². The van der Waals surface area contributed by atoms with Gasteiger partial charge in [0.2, 0.25) is 10.0 Å². The van der Waals surface area contributed by atoms with Crippen LogP contribution in [0.1, 0.15) is 11.1 Å². The first kappa shape index (κ1) is 13.3. The van der Waals surface area contributed by atoms with E-state index in [-0.39, 0.29) is 11.4 Å².